The SMILES string of the molecule is Cn1nc(C(F)(F)F)cc1-c1ccc(C(=O)N[C@@H]2C[C@H]3CC[C@@H]2N3)s1. The summed E-state index contributed by atoms with van der Waals surface area (Å²) in [5.74, 6) is -0.172. The van der Waals surface area contributed by atoms with Crippen LogP contribution in [0.25, 0.3) is 10.6 Å². The quantitative estimate of drug-likeness (QED) is 0.874. The number of alkyl halides is 3. The number of hydrogen-bond acceptors (Lipinski definition) is 4. The van der Waals surface area contributed by atoms with Gasteiger partial charge in [-0.05, 0) is 37.5 Å². The van der Waals surface area contributed by atoms with Gasteiger partial charge in [0.25, 0.3) is 5.91 Å². The van der Waals surface area contributed by atoms with E-state index >= 15 is 0 Å². The highest BCUT2D eigenvalue weighted by molar-refractivity contribution is 7.17. The van der Waals surface area contributed by atoms with Crippen molar-refractivity contribution in [1.82, 2.24) is 20.4 Å². The molecular formula is C16H17F3N4OS. The van der Waals surface area contributed by atoms with Crippen molar-refractivity contribution in [3.63, 3.8) is 0 Å². The maximum absolute atomic E-state index is 12.8. The highest BCUT2D eigenvalue weighted by Gasteiger charge is 2.40. The summed E-state index contributed by atoms with van der Waals surface area (Å²) in [4.78, 5) is 13.5. The summed E-state index contributed by atoms with van der Waals surface area (Å²) in [6, 6.07) is 5.27. The number of carbonyl (C=O) groups is 1. The molecule has 4 rings (SSSR count). The fourth-order valence-corrected chi connectivity index (χ4v) is 4.61. The molecule has 0 aliphatic carbocycles. The summed E-state index contributed by atoms with van der Waals surface area (Å²) in [5.41, 5.74) is -0.588. The molecule has 25 heavy (non-hydrogen) atoms. The monoisotopic (exact) mass is 370 g/mol. The third-order valence-corrected chi connectivity index (χ3v) is 5.98. The maximum Gasteiger partial charge on any atom is 0.435 e. The summed E-state index contributed by atoms with van der Waals surface area (Å²) in [7, 11) is 1.46. The van der Waals surface area contributed by atoms with E-state index in [-0.39, 0.29) is 11.9 Å². The van der Waals surface area contributed by atoms with Crippen LogP contribution in [0.3, 0.4) is 0 Å². The Bertz CT molecular complexity index is 813. The fraction of sp³-hybridized carbons (Fsp3) is 0.500. The van der Waals surface area contributed by atoms with Crippen LogP contribution in [0, 0.1) is 0 Å². The van der Waals surface area contributed by atoms with Gasteiger partial charge < -0.3 is 10.6 Å². The van der Waals surface area contributed by atoms with E-state index in [9.17, 15) is 18.0 Å². The number of hydrogen-bond donors (Lipinski definition) is 2. The molecule has 4 heterocycles. The fourth-order valence-electron chi connectivity index (χ4n) is 3.66. The first-order chi connectivity index (χ1) is 11.8. The summed E-state index contributed by atoms with van der Waals surface area (Å²) in [6.07, 6.45) is -1.32. The molecule has 3 atom stereocenters. The van der Waals surface area contributed by atoms with Crippen molar-refractivity contribution in [2.45, 2.75) is 43.6 Å². The smallest absolute Gasteiger partial charge is 0.347 e. The number of aryl methyl sites for hydroxylation is 1. The Labute approximate surface area is 146 Å². The van der Waals surface area contributed by atoms with Crippen molar-refractivity contribution >= 4 is 17.2 Å². The minimum absolute atomic E-state index is 0.130. The van der Waals surface area contributed by atoms with Crippen LogP contribution in [-0.4, -0.2) is 33.8 Å². The second kappa shape index (κ2) is 5.84. The molecular weight excluding hydrogens is 353 g/mol. The Morgan fingerprint density at radius 1 is 1.40 bits per heavy atom. The van der Waals surface area contributed by atoms with E-state index in [1.807, 2.05) is 0 Å². The lowest BCUT2D eigenvalue weighted by Crippen LogP contribution is -2.42. The third kappa shape index (κ3) is 3.06. The highest BCUT2D eigenvalue weighted by Crippen LogP contribution is 2.34. The van der Waals surface area contributed by atoms with Crippen molar-refractivity contribution < 1.29 is 18.0 Å². The topological polar surface area (TPSA) is 59.0 Å². The number of fused-ring (bicyclic) bond motifs is 2. The first-order valence-electron chi connectivity index (χ1n) is 8.09. The number of carbonyl (C=O) groups excluding carboxylic acids is 1. The number of rotatable bonds is 3. The van der Waals surface area contributed by atoms with E-state index in [1.54, 1.807) is 12.1 Å². The molecule has 2 aromatic rings. The van der Waals surface area contributed by atoms with Gasteiger partial charge >= 0.3 is 6.18 Å². The number of nitrogens with zero attached hydrogens (tertiary/aromatic N) is 2. The molecule has 134 valence electrons. The van der Waals surface area contributed by atoms with E-state index in [0.29, 0.717) is 27.5 Å². The number of aromatic nitrogens is 2. The lowest BCUT2D eigenvalue weighted by atomic mass is 9.95. The Balaban J connectivity index is 1.50. The van der Waals surface area contributed by atoms with Crippen LogP contribution in [-0.2, 0) is 13.2 Å². The Morgan fingerprint density at radius 2 is 2.20 bits per heavy atom. The van der Waals surface area contributed by atoms with Crippen LogP contribution < -0.4 is 10.6 Å². The third-order valence-electron chi connectivity index (χ3n) is 4.87. The van der Waals surface area contributed by atoms with Gasteiger partial charge in [0.1, 0.15) is 0 Å². The van der Waals surface area contributed by atoms with E-state index < -0.39 is 11.9 Å². The number of halogens is 3. The number of amides is 1. The van der Waals surface area contributed by atoms with Gasteiger partial charge in [-0.3, -0.25) is 9.48 Å². The zero-order valence-electron chi connectivity index (χ0n) is 13.4. The molecule has 2 aliphatic rings. The normalized spacial score (nSPS) is 25.5. The van der Waals surface area contributed by atoms with E-state index in [4.69, 9.17) is 0 Å². The zero-order valence-corrected chi connectivity index (χ0v) is 14.2. The molecule has 0 unspecified atom stereocenters. The zero-order chi connectivity index (χ0) is 17.8. The van der Waals surface area contributed by atoms with Gasteiger partial charge in [0.05, 0.1) is 15.4 Å². The van der Waals surface area contributed by atoms with Crippen LogP contribution >= 0.6 is 11.3 Å². The molecule has 2 saturated heterocycles. The molecule has 2 N–H and O–H groups in total. The van der Waals surface area contributed by atoms with Crippen molar-refractivity contribution in [2.24, 2.45) is 7.05 Å². The molecule has 0 spiro atoms. The van der Waals surface area contributed by atoms with Gasteiger partial charge in [0.15, 0.2) is 5.69 Å². The summed E-state index contributed by atoms with van der Waals surface area (Å²) >= 11 is 1.17. The number of thiophene rings is 1. The predicted molar refractivity (Wildman–Crippen MR) is 87.3 cm³/mol. The molecule has 2 bridgehead atoms. The van der Waals surface area contributed by atoms with Crippen LogP contribution in [0.5, 0.6) is 0 Å². The maximum atomic E-state index is 12.8. The average molecular weight is 370 g/mol. The Kier molecular flexibility index (Phi) is 3.88. The highest BCUT2D eigenvalue weighted by atomic mass is 32.1. The summed E-state index contributed by atoms with van der Waals surface area (Å²) < 4.78 is 39.6. The molecule has 1 amide bonds. The summed E-state index contributed by atoms with van der Waals surface area (Å²) in [5, 5.41) is 10.0. The Hall–Kier alpha value is -1.87. The van der Waals surface area contributed by atoms with Crippen LogP contribution in [0.1, 0.15) is 34.6 Å². The largest absolute Gasteiger partial charge is 0.435 e. The van der Waals surface area contributed by atoms with Gasteiger partial charge in [-0.2, -0.15) is 18.3 Å². The lowest BCUT2D eigenvalue weighted by molar-refractivity contribution is -0.141. The lowest BCUT2D eigenvalue weighted by Gasteiger charge is -2.20. The van der Waals surface area contributed by atoms with Crippen molar-refractivity contribution in [2.75, 3.05) is 0 Å². The van der Waals surface area contributed by atoms with Gasteiger partial charge in [0, 0.05) is 25.2 Å². The standard InChI is InChI=1S/C16H17F3N4OS/c1-23-11(7-14(22-23)16(17,18)19)12-4-5-13(25-12)15(24)21-10-6-8-2-3-9(10)20-8/h4-5,7-10,20H,2-3,6H2,1H3,(H,21,24)/t8-,9+,10-/m1/s1. The second-order valence-corrected chi connectivity index (χ2v) is 7.65. The molecule has 2 aliphatic heterocycles. The van der Waals surface area contributed by atoms with E-state index in [1.165, 1.54) is 23.1 Å². The molecule has 9 heteroatoms. The second-order valence-electron chi connectivity index (χ2n) is 6.56. The molecule has 0 saturated carbocycles. The molecule has 5 nitrogen and oxygen atoms in total. The van der Waals surface area contributed by atoms with Crippen molar-refractivity contribution in [3.8, 4) is 10.6 Å². The van der Waals surface area contributed by atoms with Crippen molar-refractivity contribution in [1.29, 1.82) is 0 Å². The van der Waals surface area contributed by atoms with Gasteiger partial charge in [-0.1, -0.05) is 0 Å². The minimum atomic E-state index is -4.48. The average Bonchev–Trinajstić information content (AvgIpc) is 3.29. The molecule has 2 fully saturated rings. The molecule has 2 aromatic heterocycles. The van der Waals surface area contributed by atoms with Gasteiger partial charge in [-0.15, -0.1) is 11.3 Å². The van der Waals surface area contributed by atoms with Gasteiger partial charge in [0.2, 0.25) is 0 Å². The first kappa shape index (κ1) is 16.6. The molecule has 0 aromatic carbocycles. The summed E-state index contributed by atoms with van der Waals surface area (Å²) in [6.45, 7) is 0. The molecule has 0 radical (unpaired) electrons. The predicted octanol–water partition coefficient (Wildman–Crippen LogP) is 2.79. The van der Waals surface area contributed by atoms with E-state index in [2.05, 4.69) is 15.7 Å². The van der Waals surface area contributed by atoms with Gasteiger partial charge in [-0.25, -0.2) is 0 Å². The number of nitrogens with one attached hydrogen (secondary N) is 2. The van der Waals surface area contributed by atoms with Crippen molar-refractivity contribution in [3.05, 3.63) is 28.8 Å². The minimum Gasteiger partial charge on any atom is -0.347 e. The Morgan fingerprint density at radius 3 is 2.80 bits per heavy atom. The van der Waals surface area contributed by atoms with Crippen LogP contribution in [0.15, 0.2) is 18.2 Å². The van der Waals surface area contributed by atoms with E-state index in [0.717, 1.165) is 25.3 Å². The van der Waals surface area contributed by atoms with Crippen LogP contribution in [0.4, 0.5) is 13.2 Å². The van der Waals surface area contributed by atoms with Crippen LogP contribution in [0.2, 0.25) is 0 Å². The first-order valence-corrected chi connectivity index (χ1v) is 8.91.